The molecule has 28 heavy (non-hydrogen) atoms. The third kappa shape index (κ3) is 3.21. The van der Waals surface area contributed by atoms with Crippen molar-refractivity contribution in [3.05, 3.63) is 80.0 Å². The Hall–Kier alpha value is -3.29. The van der Waals surface area contributed by atoms with Crippen LogP contribution in [0.4, 0.5) is 8.78 Å². The third-order valence-electron chi connectivity index (χ3n) is 4.99. The summed E-state index contributed by atoms with van der Waals surface area (Å²) in [5, 5.41) is 2.96. The quantitative estimate of drug-likeness (QED) is 0.725. The molecule has 1 heterocycles. The number of aromatic nitrogens is 2. The van der Waals surface area contributed by atoms with E-state index in [-0.39, 0.29) is 5.56 Å². The summed E-state index contributed by atoms with van der Waals surface area (Å²) in [5.74, 6) is -1.96. The fourth-order valence-corrected chi connectivity index (χ4v) is 3.75. The van der Waals surface area contributed by atoms with Crippen molar-refractivity contribution in [3.63, 3.8) is 0 Å². The Bertz CT molecular complexity index is 1200. The molecule has 1 atom stereocenters. The van der Waals surface area contributed by atoms with Gasteiger partial charge in [0, 0.05) is 11.6 Å². The number of nitrogens with one attached hydrogen (secondary N) is 2. The molecule has 1 amide bonds. The lowest BCUT2D eigenvalue weighted by atomic mass is 9.87. The maximum absolute atomic E-state index is 14.3. The van der Waals surface area contributed by atoms with Gasteiger partial charge in [-0.3, -0.25) is 14.2 Å². The van der Waals surface area contributed by atoms with Crippen LogP contribution in [-0.4, -0.2) is 15.5 Å². The van der Waals surface area contributed by atoms with E-state index in [4.69, 9.17) is 0 Å². The van der Waals surface area contributed by atoms with Crippen molar-refractivity contribution in [2.45, 2.75) is 31.8 Å². The van der Waals surface area contributed by atoms with Crippen molar-refractivity contribution in [1.29, 1.82) is 0 Å². The van der Waals surface area contributed by atoms with Gasteiger partial charge in [-0.2, -0.15) is 0 Å². The normalized spacial score (nSPS) is 16.0. The van der Waals surface area contributed by atoms with Crippen molar-refractivity contribution in [2.24, 2.45) is 0 Å². The van der Waals surface area contributed by atoms with Gasteiger partial charge in [-0.1, -0.05) is 12.1 Å². The number of amides is 1. The van der Waals surface area contributed by atoms with E-state index in [2.05, 4.69) is 10.3 Å². The number of halogens is 2. The van der Waals surface area contributed by atoms with Crippen LogP contribution in [0, 0.1) is 11.6 Å². The van der Waals surface area contributed by atoms with E-state index in [0.29, 0.717) is 35.7 Å². The van der Waals surface area contributed by atoms with E-state index in [1.165, 1.54) is 6.07 Å². The number of hydrogen-bond acceptors (Lipinski definition) is 3. The molecule has 2 aromatic carbocycles. The summed E-state index contributed by atoms with van der Waals surface area (Å²) >= 11 is 0. The highest BCUT2D eigenvalue weighted by Gasteiger charge is 2.26. The van der Waals surface area contributed by atoms with Gasteiger partial charge in [0.15, 0.2) is 0 Å². The molecular weight excluding hydrogens is 368 g/mol. The first-order valence-corrected chi connectivity index (χ1v) is 8.93. The van der Waals surface area contributed by atoms with Gasteiger partial charge < -0.3 is 10.3 Å². The minimum atomic E-state index is -0.708. The number of carbonyl (C=O) groups is 1. The standard InChI is InChI=1S/C20H17F2N3O3/c21-12-8-11-4-3-7-16(18(11)14(22)9-12)23-17(26)10-25-19(27)13-5-1-2-6-15(13)24-20(25)28/h1-2,5-6,8-9,16H,3-4,7,10H2,(H,23,26)(H,24,28)/t16-/m1/s1. The Morgan fingerprint density at radius 3 is 2.82 bits per heavy atom. The fraction of sp³-hybridized carbons (Fsp3) is 0.250. The maximum Gasteiger partial charge on any atom is 0.329 e. The van der Waals surface area contributed by atoms with Crippen LogP contribution in [-0.2, 0) is 17.8 Å². The minimum absolute atomic E-state index is 0.265. The molecule has 1 aliphatic carbocycles. The number of aromatic amines is 1. The number of H-pyrrole nitrogens is 1. The lowest BCUT2D eigenvalue weighted by Crippen LogP contribution is -2.42. The zero-order valence-corrected chi connectivity index (χ0v) is 14.8. The molecule has 1 aromatic heterocycles. The first-order chi connectivity index (χ1) is 13.4. The van der Waals surface area contributed by atoms with Crippen LogP contribution in [0.2, 0.25) is 0 Å². The van der Waals surface area contributed by atoms with Gasteiger partial charge in [-0.05, 0) is 43.0 Å². The first kappa shape index (κ1) is 18.1. The molecule has 2 N–H and O–H groups in total. The van der Waals surface area contributed by atoms with Crippen LogP contribution in [0.15, 0.2) is 46.0 Å². The molecule has 8 heteroatoms. The van der Waals surface area contributed by atoms with E-state index in [9.17, 15) is 23.2 Å². The molecule has 1 aliphatic rings. The third-order valence-corrected chi connectivity index (χ3v) is 4.99. The zero-order chi connectivity index (χ0) is 19.8. The second-order valence-electron chi connectivity index (χ2n) is 6.84. The SMILES string of the molecule is O=C(Cn1c(=O)[nH]c2ccccc2c1=O)N[C@@H]1CCCc2cc(F)cc(F)c21. The maximum atomic E-state index is 14.3. The number of nitrogens with zero attached hydrogens (tertiary/aromatic N) is 1. The van der Waals surface area contributed by atoms with Crippen molar-refractivity contribution < 1.29 is 13.6 Å². The predicted molar refractivity (Wildman–Crippen MR) is 99.0 cm³/mol. The smallest absolute Gasteiger partial charge is 0.329 e. The summed E-state index contributed by atoms with van der Waals surface area (Å²) in [6, 6.07) is 7.94. The summed E-state index contributed by atoms with van der Waals surface area (Å²) in [7, 11) is 0. The van der Waals surface area contributed by atoms with Crippen molar-refractivity contribution >= 4 is 16.8 Å². The van der Waals surface area contributed by atoms with Crippen molar-refractivity contribution in [2.75, 3.05) is 0 Å². The van der Waals surface area contributed by atoms with E-state index in [0.717, 1.165) is 10.6 Å². The van der Waals surface area contributed by atoms with Gasteiger partial charge in [-0.25, -0.2) is 13.6 Å². The highest BCUT2D eigenvalue weighted by molar-refractivity contribution is 5.79. The molecule has 0 fully saturated rings. The average Bonchev–Trinajstić information content (AvgIpc) is 2.65. The number of fused-ring (bicyclic) bond motifs is 2. The van der Waals surface area contributed by atoms with E-state index in [1.807, 2.05) is 0 Å². The number of para-hydroxylation sites is 1. The highest BCUT2D eigenvalue weighted by atomic mass is 19.1. The first-order valence-electron chi connectivity index (χ1n) is 8.93. The molecule has 6 nitrogen and oxygen atoms in total. The van der Waals surface area contributed by atoms with Gasteiger partial charge in [0.1, 0.15) is 18.2 Å². The summed E-state index contributed by atoms with van der Waals surface area (Å²) in [4.78, 5) is 39.8. The lowest BCUT2D eigenvalue weighted by Gasteiger charge is -2.27. The summed E-state index contributed by atoms with van der Waals surface area (Å²) < 4.78 is 28.5. The Morgan fingerprint density at radius 1 is 1.21 bits per heavy atom. The van der Waals surface area contributed by atoms with Gasteiger partial charge in [-0.15, -0.1) is 0 Å². The van der Waals surface area contributed by atoms with Crippen LogP contribution < -0.4 is 16.6 Å². The predicted octanol–water partition coefficient (Wildman–Crippen LogP) is 2.16. The van der Waals surface area contributed by atoms with Crippen LogP contribution in [0.5, 0.6) is 0 Å². The summed E-state index contributed by atoms with van der Waals surface area (Å²) in [6.45, 7) is -0.492. The zero-order valence-electron chi connectivity index (χ0n) is 14.8. The largest absolute Gasteiger partial charge is 0.348 e. The Balaban J connectivity index is 1.61. The molecule has 0 bridgehead atoms. The molecule has 0 saturated heterocycles. The molecule has 0 aliphatic heterocycles. The van der Waals surface area contributed by atoms with Gasteiger partial charge in [0.2, 0.25) is 5.91 Å². The molecule has 0 unspecified atom stereocenters. The molecule has 0 spiro atoms. The number of benzene rings is 2. The van der Waals surface area contributed by atoms with E-state index >= 15 is 0 Å². The lowest BCUT2D eigenvalue weighted by molar-refractivity contribution is -0.122. The van der Waals surface area contributed by atoms with Crippen LogP contribution >= 0.6 is 0 Å². The fourth-order valence-electron chi connectivity index (χ4n) is 3.75. The van der Waals surface area contributed by atoms with Gasteiger partial charge in [0.25, 0.3) is 5.56 Å². The van der Waals surface area contributed by atoms with Gasteiger partial charge in [0.05, 0.1) is 16.9 Å². The average molecular weight is 385 g/mol. The molecule has 144 valence electrons. The number of hydrogen-bond donors (Lipinski definition) is 2. The molecule has 0 radical (unpaired) electrons. The summed E-state index contributed by atoms with van der Waals surface area (Å²) in [5.41, 5.74) is -0.0991. The minimum Gasteiger partial charge on any atom is -0.348 e. The Labute approximate surface area is 157 Å². The molecular formula is C20H17F2N3O3. The second kappa shape index (κ2) is 7.03. The second-order valence-corrected chi connectivity index (χ2v) is 6.84. The van der Waals surface area contributed by atoms with E-state index in [1.54, 1.807) is 24.3 Å². The number of rotatable bonds is 3. The van der Waals surface area contributed by atoms with Crippen LogP contribution in [0.25, 0.3) is 10.9 Å². The van der Waals surface area contributed by atoms with Crippen LogP contribution in [0.3, 0.4) is 0 Å². The Morgan fingerprint density at radius 2 is 2.00 bits per heavy atom. The van der Waals surface area contributed by atoms with E-state index < -0.39 is 41.4 Å². The number of carbonyl (C=O) groups excluding carboxylic acids is 1. The monoisotopic (exact) mass is 385 g/mol. The molecule has 4 rings (SSSR count). The summed E-state index contributed by atoms with van der Waals surface area (Å²) in [6.07, 6.45) is 1.68. The van der Waals surface area contributed by atoms with Crippen molar-refractivity contribution in [3.8, 4) is 0 Å². The molecule has 3 aromatic rings. The van der Waals surface area contributed by atoms with Gasteiger partial charge >= 0.3 is 5.69 Å². The Kier molecular flexibility index (Phi) is 4.54. The molecule has 0 saturated carbocycles. The topological polar surface area (TPSA) is 84.0 Å². The van der Waals surface area contributed by atoms with Crippen LogP contribution in [0.1, 0.15) is 30.0 Å². The highest BCUT2D eigenvalue weighted by Crippen LogP contribution is 2.32. The number of aryl methyl sites for hydroxylation is 1. The van der Waals surface area contributed by atoms with Crippen molar-refractivity contribution in [1.82, 2.24) is 14.9 Å².